The summed E-state index contributed by atoms with van der Waals surface area (Å²) >= 11 is 9.16. The number of halogens is 1. The van der Waals surface area contributed by atoms with Gasteiger partial charge in [0.15, 0.2) is 0 Å². The molecule has 0 unspecified atom stereocenters. The first-order valence-electron chi connectivity index (χ1n) is 6.54. The molecule has 102 valence electrons. The standard InChI is InChI=1S/C15H13ClN2S2/c1-9(12-6-7-14(16)19-12)18-15-11(8-17)10-4-2-3-5-13(10)20-15/h6-7H,2-5H2,1H3/b18-9+. The first-order valence-corrected chi connectivity index (χ1v) is 8.56. The van der Waals surface area contributed by atoms with Gasteiger partial charge in [-0.1, -0.05) is 11.6 Å². The van der Waals surface area contributed by atoms with Crippen LogP contribution in [-0.4, -0.2) is 5.71 Å². The van der Waals surface area contributed by atoms with E-state index < -0.39 is 0 Å². The minimum Gasteiger partial charge on any atom is -0.240 e. The molecule has 3 rings (SSSR count). The lowest BCUT2D eigenvalue weighted by Crippen LogP contribution is -1.99. The smallest absolute Gasteiger partial charge is 0.134 e. The normalized spacial score (nSPS) is 14.9. The summed E-state index contributed by atoms with van der Waals surface area (Å²) < 4.78 is 0.764. The molecule has 2 heterocycles. The van der Waals surface area contributed by atoms with Gasteiger partial charge in [0.1, 0.15) is 11.1 Å². The van der Waals surface area contributed by atoms with Crippen LogP contribution in [0.15, 0.2) is 17.1 Å². The van der Waals surface area contributed by atoms with Gasteiger partial charge in [0.25, 0.3) is 0 Å². The summed E-state index contributed by atoms with van der Waals surface area (Å²) in [7, 11) is 0. The number of nitriles is 1. The van der Waals surface area contributed by atoms with Crippen LogP contribution in [-0.2, 0) is 12.8 Å². The minimum absolute atomic E-state index is 0.764. The predicted molar refractivity (Wildman–Crippen MR) is 86.9 cm³/mol. The fourth-order valence-electron chi connectivity index (χ4n) is 2.46. The van der Waals surface area contributed by atoms with Gasteiger partial charge in [0, 0.05) is 9.75 Å². The largest absolute Gasteiger partial charge is 0.240 e. The molecular formula is C15H13ClN2S2. The number of nitrogens with zero attached hydrogens (tertiary/aromatic N) is 2. The van der Waals surface area contributed by atoms with Gasteiger partial charge in [-0.2, -0.15) is 5.26 Å². The molecule has 0 atom stereocenters. The van der Waals surface area contributed by atoms with Crippen LogP contribution < -0.4 is 0 Å². The van der Waals surface area contributed by atoms with Crippen molar-refractivity contribution in [2.45, 2.75) is 32.6 Å². The molecule has 2 nitrogen and oxygen atoms in total. The van der Waals surface area contributed by atoms with Crippen LogP contribution in [0.5, 0.6) is 0 Å². The predicted octanol–water partition coefficient (Wildman–Crippen LogP) is 5.35. The van der Waals surface area contributed by atoms with Gasteiger partial charge >= 0.3 is 0 Å². The lowest BCUT2D eigenvalue weighted by Gasteiger charge is -2.09. The monoisotopic (exact) mass is 320 g/mol. The minimum atomic E-state index is 0.764. The van der Waals surface area contributed by atoms with Crippen molar-refractivity contribution in [2.75, 3.05) is 0 Å². The molecule has 5 heteroatoms. The van der Waals surface area contributed by atoms with Crippen LogP contribution in [0.4, 0.5) is 5.00 Å². The highest BCUT2D eigenvalue weighted by molar-refractivity contribution is 7.18. The van der Waals surface area contributed by atoms with Crippen LogP contribution in [0.1, 0.15) is 40.6 Å². The van der Waals surface area contributed by atoms with Crippen LogP contribution in [0, 0.1) is 11.3 Å². The van der Waals surface area contributed by atoms with Gasteiger partial charge in [-0.15, -0.1) is 22.7 Å². The highest BCUT2D eigenvalue weighted by Gasteiger charge is 2.20. The fourth-order valence-corrected chi connectivity index (χ4v) is 4.71. The Balaban J connectivity index is 2.02. The van der Waals surface area contributed by atoms with E-state index in [0.29, 0.717) is 0 Å². The Labute approximate surface area is 131 Å². The van der Waals surface area contributed by atoms with Gasteiger partial charge in [0.2, 0.25) is 0 Å². The average molecular weight is 321 g/mol. The van der Waals surface area contributed by atoms with E-state index in [2.05, 4.69) is 11.1 Å². The molecule has 0 aromatic carbocycles. The van der Waals surface area contributed by atoms with E-state index in [1.165, 1.54) is 34.6 Å². The topological polar surface area (TPSA) is 36.1 Å². The van der Waals surface area contributed by atoms with Crippen molar-refractivity contribution in [3.63, 3.8) is 0 Å². The van der Waals surface area contributed by atoms with Crippen molar-refractivity contribution in [1.29, 1.82) is 5.26 Å². The summed E-state index contributed by atoms with van der Waals surface area (Å²) in [6, 6.07) is 6.20. The molecule has 1 aliphatic rings. The van der Waals surface area contributed by atoms with Gasteiger partial charge in [-0.3, -0.25) is 0 Å². The molecular weight excluding hydrogens is 308 g/mol. The zero-order chi connectivity index (χ0) is 14.1. The van der Waals surface area contributed by atoms with E-state index in [9.17, 15) is 5.26 Å². The summed E-state index contributed by atoms with van der Waals surface area (Å²) in [5, 5.41) is 10.3. The Kier molecular flexibility index (Phi) is 3.93. The lowest BCUT2D eigenvalue weighted by molar-refractivity contribution is 0.696. The molecule has 0 amide bonds. The first kappa shape index (κ1) is 13.8. The van der Waals surface area contributed by atoms with Crippen molar-refractivity contribution in [3.8, 4) is 6.07 Å². The van der Waals surface area contributed by atoms with Crippen molar-refractivity contribution in [3.05, 3.63) is 37.4 Å². The molecule has 2 aromatic heterocycles. The van der Waals surface area contributed by atoms with Crippen LogP contribution >= 0.6 is 34.3 Å². The summed E-state index contributed by atoms with van der Waals surface area (Å²) in [5.74, 6) is 0. The molecule has 1 aliphatic carbocycles. The highest BCUT2D eigenvalue weighted by Crippen LogP contribution is 2.39. The molecule has 0 spiro atoms. The van der Waals surface area contributed by atoms with Gasteiger partial charge in [-0.05, 0) is 50.3 Å². The maximum atomic E-state index is 9.42. The van der Waals surface area contributed by atoms with Gasteiger partial charge < -0.3 is 0 Å². The number of fused-ring (bicyclic) bond motifs is 1. The summed E-state index contributed by atoms with van der Waals surface area (Å²) in [4.78, 5) is 7.09. The van der Waals surface area contributed by atoms with Crippen molar-refractivity contribution >= 4 is 45.0 Å². The van der Waals surface area contributed by atoms with E-state index in [-0.39, 0.29) is 0 Å². The number of rotatable bonds is 2. The lowest BCUT2D eigenvalue weighted by atomic mass is 9.96. The molecule has 0 bridgehead atoms. The Morgan fingerprint density at radius 3 is 2.80 bits per heavy atom. The second-order valence-electron chi connectivity index (χ2n) is 4.80. The zero-order valence-electron chi connectivity index (χ0n) is 11.1. The van der Waals surface area contributed by atoms with E-state index >= 15 is 0 Å². The second-order valence-corrected chi connectivity index (χ2v) is 7.60. The molecule has 0 N–H and O–H groups in total. The van der Waals surface area contributed by atoms with Crippen LogP contribution in [0.2, 0.25) is 4.34 Å². The van der Waals surface area contributed by atoms with Crippen molar-refractivity contribution in [2.24, 2.45) is 4.99 Å². The Morgan fingerprint density at radius 1 is 1.30 bits per heavy atom. The third kappa shape index (κ3) is 2.54. The summed E-state index contributed by atoms with van der Waals surface area (Å²) in [6.45, 7) is 1.97. The Bertz CT molecular complexity index is 719. The molecule has 0 saturated heterocycles. The van der Waals surface area contributed by atoms with Crippen LogP contribution in [0.3, 0.4) is 0 Å². The highest BCUT2D eigenvalue weighted by atomic mass is 35.5. The van der Waals surface area contributed by atoms with Crippen LogP contribution in [0.25, 0.3) is 0 Å². The van der Waals surface area contributed by atoms with E-state index in [1.54, 1.807) is 11.3 Å². The quantitative estimate of drug-likeness (QED) is 0.687. The molecule has 0 saturated carbocycles. The molecule has 20 heavy (non-hydrogen) atoms. The zero-order valence-corrected chi connectivity index (χ0v) is 13.5. The fraction of sp³-hybridized carbons (Fsp3) is 0.333. The maximum absolute atomic E-state index is 9.42. The van der Waals surface area contributed by atoms with Crippen molar-refractivity contribution < 1.29 is 0 Å². The SMILES string of the molecule is C/C(=N\c1sc2c(c1C#N)CCCC2)c1ccc(Cl)s1. The average Bonchev–Trinajstić information content (AvgIpc) is 3.01. The molecule has 0 fully saturated rings. The number of aryl methyl sites for hydroxylation is 1. The van der Waals surface area contributed by atoms with E-state index in [0.717, 1.165) is 38.3 Å². The van der Waals surface area contributed by atoms with Gasteiger partial charge in [-0.25, -0.2) is 4.99 Å². The molecule has 0 radical (unpaired) electrons. The molecule has 2 aromatic rings. The number of hydrogen-bond donors (Lipinski definition) is 0. The number of hydrogen-bond acceptors (Lipinski definition) is 4. The van der Waals surface area contributed by atoms with Gasteiger partial charge in [0.05, 0.1) is 15.6 Å². The third-order valence-corrected chi connectivity index (χ3v) is 5.99. The second kappa shape index (κ2) is 5.69. The Hall–Kier alpha value is -1.15. The number of aliphatic imine (C=N–C) groups is 1. The van der Waals surface area contributed by atoms with Crippen molar-refractivity contribution in [1.82, 2.24) is 0 Å². The Morgan fingerprint density at radius 2 is 2.10 bits per heavy atom. The summed E-state index contributed by atoms with van der Waals surface area (Å²) in [5.41, 5.74) is 2.95. The van der Waals surface area contributed by atoms with E-state index in [1.807, 2.05) is 19.1 Å². The maximum Gasteiger partial charge on any atom is 0.134 e. The number of thiophene rings is 2. The molecule has 0 aliphatic heterocycles. The summed E-state index contributed by atoms with van der Waals surface area (Å²) in [6.07, 6.45) is 4.52. The first-order chi connectivity index (χ1) is 9.69. The van der Waals surface area contributed by atoms with E-state index in [4.69, 9.17) is 11.6 Å². The third-order valence-electron chi connectivity index (χ3n) is 3.46.